The maximum absolute atomic E-state index is 6.81. The van der Waals surface area contributed by atoms with Crippen LogP contribution >= 0.6 is 11.6 Å². The zero-order valence-corrected chi connectivity index (χ0v) is 7.80. The molecule has 0 saturated heterocycles. The van der Waals surface area contributed by atoms with E-state index in [4.69, 9.17) is 11.6 Å². The standard InChI is InChI=1S/C11H13Cl/c12-11-3-7-5-1-4-6(10(5)11)2-8(11)9(4)7/h4-10H,1-3H2. The van der Waals surface area contributed by atoms with Crippen LogP contribution in [0.4, 0.5) is 0 Å². The van der Waals surface area contributed by atoms with Crippen molar-refractivity contribution < 1.29 is 0 Å². The molecular formula is C11H13Cl. The van der Waals surface area contributed by atoms with Gasteiger partial charge in [0, 0.05) is 0 Å². The highest BCUT2D eigenvalue weighted by molar-refractivity contribution is 6.25. The number of hydrogen-bond donors (Lipinski definition) is 0. The van der Waals surface area contributed by atoms with Crippen molar-refractivity contribution in [2.24, 2.45) is 41.4 Å². The first-order chi connectivity index (χ1) is 5.81. The average Bonchev–Trinajstić information content (AvgIpc) is 2.55. The summed E-state index contributed by atoms with van der Waals surface area (Å²) < 4.78 is 0. The fourth-order valence-electron chi connectivity index (χ4n) is 6.49. The third kappa shape index (κ3) is 0.313. The van der Waals surface area contributed by atoms with Crippen LogP contribution in [0.5, 0.6) is 0 Å². The van der Waals surface area contributed by atoms with Crippen LogP contribution in [-0.4, -0.2) is 4.87 Å². The Balaban J connectivity index is 1.93. The molecule has 8 unspecified atom stereocenters. The highest BCUT2D eigenvalue weighted by Crippen LogP contribution is 2.85. The average molecular weight is 181 g/mol. The molecule has 0 nitrogen and oxygen atoms in total. The van der Waals surface area contributed by atoms with E-state index in [1.165, 1.54) is 12.8 Å². The Morgan fingerprint density at radius 1 is 1.00 bits per heavy atom. The van der Waals surface area contributed by atoms with Crippen molar-refractivity contribution in [3.63, 3.8) is 0 Å². The van der Waals surface area contributed by atoms with Crippen molar-refractivity contribution in [1.29, 1.82) is 0 Å². The maximum Gasteiger partial charge on any atom is 0.0514 e. The fraction of sp³-hybridized carbons (Fsp3) is 1.00. The topological polar surface area (TPSA) is 0 Å². The van der Waals surface area contributed by atoms with Gasteiger partial charge in [-0.3, -0.25) is 0 Å². The highest BCUT2D eigenvalue weighted by Gasteiger charge is 2.82. The molecule has 0 N–H and O–H groups in total. The molecule has 0 heterocycles. The molecule has 0 aliphatic heterocycles. The van der Waals surface area contributed by atoms with E-state index >= 15 is 0 Å². The van der Waals surface area contributed by atoms with Crippen LogP contribution in [0.3, 0.4) is 0 Å². The normalized spacial score (nSPS) is 85.2. The van der Waals surface area contributed by atoms with Crippen molar-refractivity contribution in [1.82, 2.24) is 0 Å². The second-order valence-corrected chi connectivity index (χ2v) is 6.67. The monoisotopic (exact) mass is 180 g/mol. The van der Waals surface area contributed by atoms with Crippen LogP contribution in [-0.2, 0) is 0 Å². The summed E-state index contributed by atoms with van der Waals surface area (Å²) in [6.45, 7) is 0. The number of hydrogen-bond acceptors (Lipinski definition) is 0. The Bertz CT molecular complexity index is 297. The summed E-state index contributed by atoms with van der Waals surface area (Å²) in [5.41, 5.74) is 0. The quantitative estimate of drug-likeness (QED) is 0.503. The molecule has 0 aromatic rings. The largest absolute Gasteiger partial charge is 0.119 e. The smallest absolute Gasteiger partial charge is 0.0514 e. The predicted molar refractivity (Wildman–Crippen MR) is 46.9 cm³/mol. The molecule has 0 aromatic carbocycles. The summed E-state index contributed by atoms with van der Waals surface area (Å²) in [5.74, 6) is 7.53. The molecule has 12 heavy (non-hydrogen) atoms. The lowest BCUT2D eigenvalue weighted by Gasteiger charge is -2.38. The van der Waals surface area contributed by atoms with E-state index in [2.05, 4.69) is 0 Å². The predicted octanol–water partition coefficient (Wildman–Crippen LogP) is 2.52. The van der Waals surface area contributed by atoms with Gasteiger partial charge in [-0.15, -0.1) is 11.6 Å². The van der Waals surface area contributed by atoms with Crippen molar-refractivity contribution in [2.75, 3.05) is 0 Å². The van der Waals surface area contributed by atoms with Gasteiger partial charge >= 0.3 is 0 Å². The molecule has 0 radical (unpaired) electrons. The molecule has 6 rings (SSSR count). The highest BCUT2D eigenvalue weighted by atomic mass is 35.5. The first-order valence-corrected chi connectivity index (χ1v) is 5.87. The van der Waals surface area contributed by atoms with Gasteiger partial charge in [-0.05, 0) is 60.7 Å². The van der Waals surface area contributed by atoms with Crippen molar-refractivity contribution in [2.45, 2.75) is 24.1 Å². The Hall–Kier alpha value is 0.290. The molecule has 8 atom stereocenters. The molecule has 6 saturated carbocycles. The summed E-state index contributed by atoms with van der Waals surface area (Å²) in [7, 11) is 0. The fourth-order valence-corrected chi connectivity index (χ4v) is 7.22. The first-order valence-electron chi connectivity index (χ1n) is 5.49. The Labute approximate surface area is 77.7 Å². The maximum atomic E-state index is 6.81. The van der Waals surface area contributed by atoms with Gasteiger partial charge < -0.3 is 0 Å². The van der Waals surface area contributed by atoms with Gasteiger partial charge in [-0.2, -0.15) is 0 Å². The van der Waals surface area contributed by atoms with Gasteiger partial charge in [0.1, 0.15) is 0 Å². The second-order valence-electron chi connectivity index (χ2n) is 5.97. The molecule has 0 amide bonds. The van der Waals surface area contributed by atoms with Crippen LogP contribution in [0.1, 0.15) is 19.3 Å². The van der Waals surface area contributed by atoms with Gasteiger partial charge in [-0.25, -0.2) is 0 Å². The van der Waals surface area contributed by atoms with Gasteiger partial charge in [0.05, 0.1) is 4.87 Å². The van der Waals surface area contributed by atoms with Crippen LogP contribution < -0.4 is 0 Å². The SMILES string of the molecule is ClC12CC3C4CC5C(CC1C35)C42. The lowest BCUT2D eigenvalue weighted by atomic mass is 9.71. The van der Waals surface area contributed by atoms with Gasteiger partial charge in [-0.1, -0.05) is 0 Å². The molecule has 64 valence electrons. The zero-order valence-electron chi connectivity index (χ0n) is 7.04. The van der Waals surface area contributed by atoms with E-state index in [9.17, 15) is 0 Å². The third-order valence-corrected chi connectivity index (χ3v) is 6.95. The number of alkyl halides is 1. The molecule has 1 heteroatoms. The zero-order chi connectivity index (χ0) is 7.66. The Morgan fingerprint density at radius 2 is 1.83 bits per heavy atom. The van der Waals surface area contributed by atoms with E-state index in [-0.39, 0.29) is 0 Å². The van der Waals surface area contributed by atoms with Gasteiger partial charge in [0.15, 0.2) is 0 Å². The van der Waals surface area contributed by atoms with Crippen molar-refractivity contribution in [3.8, 4) is 0 Å². The Kier molecular flexibility index (Phi) is 0.641. The minimum Gasteiger partial charge on any atom is -0.119 e. The molecule has 6 aliphatic rings. The molecule has 6 bridgehead atoms. The van der Waals surface area contributed by atoms with Crippen molar-refractivity contribution >= 4 is 11.6 Å². The summed E-state index contributed by atoms with van der Waals surface area (Å²) in [5, 5.41) is 0. The summed E-state index contributed by atoms with van der Waals surface area (Å²) in [6, 6.07) is 0. The molecule has 6 fully saturated rings. The minimum atomic E-state index is 0.345. The van der Waals surface area contributed by atoms with Crippen LogP contribution in [0, 0.1) is 41.4 Å². The summed E-state index contributed by atoms with van der Waals surface area (Å²) in [6.07, 6.45) is 4.51. The third-order valence-electron chi connectivity index (χ3n) is 6.27. The lowest BCUT2D eigenvalue weighted by Crippen LogP contribution is -2.39. The van der Waals surface area contributed by atoms with Crippen molar-refractivity contribution in [3.05, 3.63) is 0 Å². The Morgan fingerprint density at radius 3 is 2.67 bits per heavy atom. The molecular weight excluding hydrogens is 168 g/mol. The van der Waals surface area contributed by atoms with E-state index in [0.29, 0.717) is 4.87 Å². The van der Waals surface area contributed by atoms with Crippen LogP contribution in [0.15, 0.2) is 0 Å². The molecule has 6 aliphatic carbocycles. The van der Waals surface area contributed by atoms with E-state index in [0.717, 1.165) is 41.4 Å². The second kappa shape index (κ2) is 1.30. The minimum absolute atomic E-state index is 0.345. The van der Waals surface area contributed by atoms with E-state index < -0.39 is 0 Å². The number of halogens is 1. The first kappa shape index (κ1) is 5.90. The molecule has 0 aromatic heterocycles. The van der Waals surface area contributed by atoms with Crippen LogP contribution in [0.2, 0.25) is 0 Å². The van der Waals surface area contributed by atoms with E-state index in [1.807, 2.05) is 0 Å². The summed E-state index contributed by atoms with van der Waals surface area (Å²) in [4.78, 5) is 0.345. The van der Waals surface area contributed by atoms with Crippen LogP contribution in [0.25, 0.3) is 0 Å². The van der Waals surface area contributed by atoms with E-state index in [1.54, 1.807) is 6.42 Å². The summed E-state index contributed by atoms with van der Waals surface area (Å²) >= 11 is 6.81. The van der Waals surface area contributed by atoms with Gasteiger partial charge in [0.25, 0.3) is 0 Å². The van der Waals surface area contributed by atoms with Gasteiger partial charge in [0.2, 0.25) is 0 Å². The number of rotatable bonds is 0. The molecule has 0 spiro atoms. The lowest BCUT2D eigenvalue weighted by molar-refractivity contribution is 0.143.